The molecule has 1 N–H and O–H groups in total. The fourth-order valence-corrected chi connectivity index (χ4v) is 5.57. The zero-order valence-corrected chi connectivity index (χ0v) is 19.8. The lowest BCUT2D eigenvalue weighted by molar-refractivity contribution is 0.192. The van der Waals surface area contributed by atoms with Crippen LogP contribution in [0.1, 0.15) is 24.9 Å². The third-order valence-electron chi connectivity index (χ3n) is 6.67. The second-order valence-electron chi connectivity index (χ2n) is 9.24. The maximum atomic E-state index is 11.6. The van der Waals surface area contributed by atoms with E-state index in [0.29, 0.717) is 19.5 Å². The fourth-order valence-electron chi connectivity index (χ4n) is 4.68. The summed E-state index contributed by atoms with van der Waals surface area (Å²) in [6.07, 6.45) is 20.5. The molecule has 0 aromatic carbocycles. The zero-order chi connectivity index (χ0) is 23.4. The molecule has 5 heterocycles. The molecule has 176 valence electrons. The van der Waals surface area contributed by atoms with E-state index in [4.69, 9.17) is 4.99 Å². The highest BCUT2D eigenvalue weighted by Crippen LogP contribution is 2.31. The molecule has 6 rings (SSSR count). The lowest BCUT2D eigenvalue weighted by atomic mass is 9.86. The van der Waals surface area contributed by atoms with Crippen molar-refractivity contribution in [3.8, 4) is 0 Å². The number of fused-ring (bicyclic) bond motifs is 2. The minimum absolute atomic E-state index is 0.0119. The van der Waals surface area contributed by atoms with Gasteiger partial charge in [0, 0.05) is 43.4 Å². The van der Waals surface area contributed by atoms with Crippen molar-refractivity contribution in [2.24, 2.45) is 21.1 Å². The normalized spacial score (nSPS) is 28.4. The minimum atomic E-state index is -3.14. The Morgan fingerprint density at radius 3 is 2.85 bits per heavy atom. The summed E-state index contributed by atoms with van der Waals surface area (Å²) in [7, 11) is -3.14. The average molecular weight is 479 g/mol. The Labute approximate surface area is 198 Å². The van der Waals surface area contributed by atoms with Gasteiger partial charge in [0.1, 0.15) is 0 Å². The molecule has 1 aliphatic carbocycles. The second kappa shape index (κ2) is 7.88. The summed E-state index contributed by atoms with van der Waals surface area (Å²) in [6, 6.07) is 0.161. The molecule has 5 aliphatic rings. The van der Waals surface area contributed by atoms with Crippen LogP contribution in [0.4, 0.5) is 0 Å². The van der Waals surface area contributed by atoms with E-state index in [9.17, 15) is 8.42 Å². The van der Waals surface area contributed by atoms with E-state index in [1.165, 1.54) is 16.1 Å². The van der Waals surface area contributed by atoms with Crippen LogP contribution < -0.4 is 5.43 Å². The average Bonchev–Trinajstić information content (AvgIpc) is 3.39. The number of hydrogen-bond donors (Lipinski definition) is 1. The van der Waals surface area contributed by atoms with E-state index < -0.39 is 10.0 Å². The number of dihydropyridines is 1. The van der Waals surface area contributed by atoms with Gasteiger partial charge in [-0.1, -0.05) is 24.3 Å². The highest BCUT2D eigenvalue weighted by Gasteiger charge is 2.35. The van der Waals surface area contributed by atoms with E-state index in [1.807, 2.05) is 41.3 Å². The summed E-state index contributed by atoms with van der Waals surface area (Å²) in [6.45, 7) is 2.91. The van der Waals surface area contributed by atoms with Gasteiger partial charge < -0.3 is 0 Å². The van der Waals surface area contributed by atoms with Crippen LogP contribution >= 0.6 is 0 Å². The number of hydrogen-bond acceptors (Lipinski definition) is 8. The molecule has 1 fully saturated rings. The van der Waals surface area contributed by atoms with Crippen molar-refractivity contribution in [2.45, 2.75) is 31.6 Å². The van der Waals surface area contributed by atoms with Gasteiger partial charge in [-0.3, -0.25) is 15.1 Å². The molecule has 1 saturated heterocycles. The highest BCUT2D eigenvalue weighted by atomic mass is 32.2. The van der Waals surface area contributed by atoms with Gasteiger partial charge in [-0.05, 0) is 30.2 Å². The number of aliphatic imine (C=N–C) groups is 1. The van der Waals surface area contributed by atoms with Crippen molar-refractivity contribution in [1.29, 1.82) is 0 Å². The lowest BCUT2D eigenvalue weighted by Gasteiger charge is -2.37. The van der Waals surface area contributed by atoms with Crippen LogP contribution in [0.15, 0.2) is 69.6 Å². The van der Waals surface area contributed by atoms with Gasteiger partial charge in [0.2, 0.25) is 10.0 Å². The van der Waals surface area contributed by atoms with Gasteiger partial charge in [-0.2, -0.15) is 19.6 Å². The molecular formula is C23H26N8O2S. The van der Waals surface area contributed by atoms with Gasteiger partial charge in [-0.25, -0.2) is 13.4 Å². The maximum absolute atomic E-state index is 11.6. The molecule has 3 atom stereocenters. The fraction of sp³-hybridized carbons (Fsp3) is 0.391. The minimum Gasteiger partial charge on any atom is -0.284 e. The summed E-state index contributed by atoms with van der Waals surface area (Å²) in [5, 5.41) is 15.5. The van der Waals surface area contributed by atoms with E-state index in [1.54, 1.807) is 0 Å². The van der Waals surface area contributed by atoms with Crippen LogP contribution in [0.2, 0.25) is 0 Å². The number of rotatable bonds is 5. The molecule has 0 amide bonds. The van der Waals surface area contributed by atoms with Crippen LogP contribution in [0.25, 0.3) is 5.57 Å². The number of aromatic nitrogens is 2. The number of amidine groups is 1. The molecule has 10 nitrogen and oxygen atoms in total. The smallest absolute Gasteiger partial charge is 0.211 e. The Morgan fingerprint density at radius 2 is 2.03 bits per heavy atom. The van der Waals surface area contributed by atoms with Crippen molar-refractivity contribution in [3.63, 3.8) is 0 Å². The molecule has 0 spiro atoms. The maximum Gasteiger partial charge on any atom is 0.211 e. The SMILES string of the molecule is CC1=NN2C(CC3=CC4C=C(c5cnn(C6CN(S(C)(=O)=O)C6)c5)C=NC4C=C3)=NNC2C=C1. The van der Waals surface area contributed by atoms with Crippen molar-refractivity contribution >= 4 is 33.4 Å². The van der Waals surface area contributed by atoms with Gasteiger partial charge in [-0.15, -0.1) is 0 Å². The van der Waals surface area contributed by atoms with Gasteiger partial charge in [0.25, 0.3) is 0 Å². The number of hydrazone groups is 2. The third kappa shape index (κ3) is 3.84. The molecule has 11 heteroatoms. The van der Waals surface area contributed by atoms with E-state index in [-0.39, 0.29) is 24.2 Å². The second-order valence-corrected chi connectivity index (χ2v) is 11.2. The molecule has 3 unspecified atom stereocenters. The first-order valence-corrected chi connectivity index (χ1v) is 13.2. The summed E-state index contributed by atoms with van der Waals surface area (Å²) < 4.78 is 26.6. The number of nitrogens with zero attached hydrogens (tertiary/aromatic N) is 7. The van der Waals surface area contributed by atoms with Crippen molar-refractivity contribution < 1.29 is 8.42 Å². The Kier molecular flexibility index (Phi) is 4.92. The molecule has 34 heavy (non-hydrogen) atoms. The summed E-state index contributed by atoms with van der Waals surface area (Å²) in [4.78, 5) is 4.75. The Balaban J connectivity index is 1.15. The third-order valence-corrected chi connectivity index (χ3v) is 7.91. The van der Waals surface area contributed by atoms with Crippen LogP contribution in [-0.2, 0) is 10.0 Å². The molecular weight excluding hydrogens is 452 g/mol. The first kappa shape index (κ1) is 21.2. The Hall–Kier alpha value is -3.31. The van der Waals surface area contributed by atoms with Crippen LogP contribution in [0.5, 0.6) is 0 Å². The number of allylic oxidation sites excluding steroid dienone is 3. The Morgan fingerprint density at radius 1 is 1.18 bits per heavy atom. The van der Waals surface area contributed by atoms with Crippen LogP contribution in [0, 0.1) is 5.92 Å². The van der Waals surface area contributed by atoms with E-state index in [2.05, 4.69) is 51.1 Å². The van der Waals surface area contributed by atoms with Crippen LogP contribution in [0.3, 0.4) is 0 Å². The largest absolute Gasteiger partial charge is 0.284 e. The summed E-state index contributed by atoms with van der Waals surface area (Å²) in [5.41, 5.74) is 7.28. The standard InChI is InChI=1S/C23H26N8O2S/c1-15-3-6-22-26-27-23(31(22)28-15)8-16-4-5-21-17(7-16)9-18(10-24-21)19-11-25-30(12-19)20-13-29(14-20)34(2,32)33/h3-7,9-12,17,20-22,26H,8,13-14H2,1-2H3. The van der Waals surface area contributed by atoms with Gasteiger partial charge in [0.05, 0.1) is 30.2 Å². The van der Waals surface area contributed by atoms with E-state index >= 15 is 0 Å². The zero-order valence-electron chi connectivity index (χ0n) is 19.0. The molecule has 0 saturated carbocycles. The topological polar surface area (TPSA) is 108 Å². The molecule has 1 aromatic heterocycles. The summed E-state index contributed by atoms with van der Waals surface area (Å²) >= 11 is 0. The lowest BCUT2D eigenvalue weighted by Crippen LogP contribution is -2.50. The van der Waals surface area contributed by atoms with Crippen molar-refractivity contribution in [3.05, 3.63) is 60.0 Å². The van der Waals surface area contributed by atoms with Gasteiger partial charge >= 0.3 is 0 Å². The first-order valence-electron chi connectivity index (χ1n) is 11.3. The molecule has 4 aliphatic heterocycles. The predicted molar refractivity (Wildman–Crippen MR) is 132 cm³/mol. The quantitative estimate of drug-likeness (QED) is 0.691. The van der Waals surface area contributed by atoms with Gasteiger partial charge in [0.15, 0.2) is 12.0 Å². The molecule has 0 radical (unpaired) electrons. The first-order chi connectivity index (χ1) is 16.3. The van der Waals surface area contributed by atoms with Crippen LogP contribution in [-0.4, -0.2) is 76.8 Å². The predicted octanol–water partition coefficient (Wildman–Crippen LogP) is 1.53. The number of nitrogens with one attached hydrogen (secondary N) is 1. The summed E-state index contributed by atoms with van der Waals surface area (Å²) in [5.74, 6) is 1.06. The highest BCUT2D eigenvalue weighted by molar-refractivity contribution is 7.88. The van der Waals surface area contributed by atoms with E-state index in [0.717, 1.165) is 22.7 Å². The molecule has 0 bridgehead atoms. The Bertz CT molecular complexity index is 1340. The van der Waals surface area contributed by atoms with Crippen molar-refractivity contribution in [1.82, 2.24) is 24.5 Å². The van der Waals surface area contributed by atoms with Crippen molar-refractivity contribution in [2.75, 3.05) is 19.3 Å². The monoisotopic (exact) mass is 478 g/mol. The molecule has 1 aromatic rings. The number of sulfonamides is 1.